The molecule has 1 heterocycles. The third-order valence-electron chi connectivity index (χ3n) is 5.10. The van der Waals surface area contributed by atoms with E-state index in [0.29, 0.717) is 11.7 Å². The summed E-state index contributed by atoms with van der Waals surface area (Å²) >= 11 is 1.52. The van der Waals surface area contributed by atoms with Crippen LogP contribution in [0.15, 0.2) is 36.4 Å². The first-order chi connectivity index (χ1) is 14.3. The highest BCUT2D eigenvalue weighted by molar-refractivity contribution is 7.22. The second kappa shape index (κ2) is 9.32. The highest BCUT2D eigenvalue weighted by Gasteiger charge is 2.21. The first kappa shape index (κ1) is 21.9. The second-order valence-corrected chi connectivity index (χ2v) is 8.66. The zero-order chi connectivity index (χ0) is 21.8. The fraction of sp³-hybridized carbons (Fsp3) is 0.364. The lowest BCUT2D eigenvalue weighted by Crippen LogP contribution is -2.34. The third kappa shape index (κ3) is 5.01. The summed E-state index contributed by atoms with van der Waals surface area (Å²) in [5, 5.41) is 11.6. The maximum Gasteiger partial charge on any atom is 0.269 e. The van der Waals surface area contributed by atoms with Gasteiger partial charge in [0.05, 0.1) is 21.6 Å². The van der Waals surface area contributed by atoms with Crippen molar-refractivity contribution in [1.29, 1.82) is 0 Å². The highest BCUT2D eigenvalue weighted by Crippen LogP contribution is 2.32. The molecule has 0 unspecified atom stereocenters. The second-order valence-electron chi connectivity index (χ2n) is 7.65. The van der Waals surface area contributed by atoms with Gasteiger partial charge in [-0.3, -0.25) is 19.8 Å². The minimum Gasteiger partial charge on any atom is -0.309 e. The zero-order valence-corrected chi connectivity index (χ0v) is 18.5. The predicted octanol–water partition coefficient (Wildman–Crippen LogP) is 4.35. The molecule has 1 aromatic heterocycles. The average Bonchev–Trinajstić information content (AvgIpc) is 3.13. The van der Waals surface area contributed by atoms with Crippen LogP contribution in [-0.2, 0) is 11.2 Å². The third-order valence-corrected chi connectivity index (χ3v) is 6.14. The molecular weight excluding hydrogens is 400 g/mol. The van der Waals surface area contributed by atoms with Gasteiger partial charge in [-0.05, 0) is 63.7 Å². The summed E-state index contributed by atoms with van der Waals surface area (Å²) < 4.78 is 1.06. The van der Waals surface area contributed by atoms with Gasteiger partial charge < -0.3 is 4.90 Å². The normalized spacial score (nSPS) is 11.2. The van der Waals surface area contributed by atoms with Crippen molar-refractivity contribution in [2.75, 3.05) is 32.1 Å². The van der Waals surface area contributed by atoms with E-state index < -0.39 is 4.92 Å². The Labute approximate surface area is 180 Å². The van der Waals surface area contributed by atoms with E-state index in [4.69, 9.17) is 4.98 Å². The predicted molar refractivity (Wildman–Crippen MR) is 121 cm³/mol. The van der Waals surface area contributed by atoms with Gasteiger partial charge in [0.25, 0.3) is 5.69 Å². The molecule has 0 radical (unpaired) electrons. The molecule has 7 nitrogen and oxygen atoms in total. The van der Waals surface area contributed by atoms with Gasteiger partial charge >= 0.3 is 0 Å². The largest absolute Gasteiger partial charge is 0.309 e. The van der Waals surface area contributed by atoms with E-state index in [1.54, 1.807) is 17.0 Å². The Kier molecular flexibility index (Phi) is 6.79. The van der Waals surface area contributed by atoms with Crippen LogP contribution in [0.2, 0.25) is 0 Å². The van der Waals surface area contributed by atoms with Crippen molar-refractivity contribution in [2.45, 2.75) is 26.7 Å². The van der Waals surface area contributed by atoms with Gasteiger partial charge in [-0.15, -0.1) is 0 Å². The number of rotatable bonds is 8. The molecule has 3 rings (SSSR count). The van der Waals surface area contributed by atoms with Gasteiger partial charge in [0.15, 0.2) is 5.13 Å². The molecule has 158 valence electrons. The van der Waals surface area contributed by atoms with Gasteiger partial charge in [0.1, 0.15) is 0 Å². The van der Waals surface area contributed by atoms with Gasteiger partial charge in [-0.2, -0.15) is 0 Å². The zero-order valence-electron chi connectivity index (χ0n) is 17.7. The van der Waals surface area contributed by atoms with Crippen LogP contribution in [0.4, 0.5) is 10.8 Å². The topological polar surface area (TPSA) is 79.6 Å². The summed E-state index contributed by atoms with van der Waals surface area (Å²) in [5.41, 5.74) is 4.01. The number of anilines is 1. The van der Waals surface area contributed by atoms with Crippen LogP contribution in [0.3, 0.4) is 0 Å². The number of nitrogens with zero attached hydrogens (tertiary/aromatic N) is 4. The molecule has 0 N–H and O–H groups in total. The van der Waals surface area contributed by atoms with Crippen LogP contribution in [0, 0.1) is 24.0 Å². The van der Waals surface area contributed by atoms with Crippen molar-refractivity contribution >= 4 is 38.3 Å². The lowest BCUT2D eigenvalue weighted by Gasteiger charge is -2.21. The Hall–Kier alpha value is -2.84. The summed E-state index contributed by atoms with van der Waals surface area (Å²) in [7, 11) is 4.01. The Morgan fingerprint density at radius 1 is 1.10 bits per heavy atom. The van der Waals surface area contributed by atoms with Crippen molar-refractivity contribution < 1.29 is 9.72 Å². The first-order valence-electron chi connectivity index (χ1n) is 9.81. The van der Waals surface area contributed by atoms with Crippen molar-refractivity contribution in [3.8, 4) is 0 Å². The maximum absolute atomic E-state index is 13.2. The molecule has 0 bridgehead atoms. The monoisotopic (exact) mass is 426 g/mol. The number of nitro groups is 1. The summed E-state index contributed by atoms with van der Waals surface area (Å²) in [6, 6.07) is 10.3. The minimum absolute atomic E-state index is 0.0195. The molecule has 0 saturated carbocycles. The summed E-state index contributed by atoms with van der Waals surface area (Å²) in [6.07, 6.45) is 1.00. The molecule has 0 spiro atoms. The molecule has 30 heavy (non-hydrogen) atoms. The number of hydrogen-bond donors (Lipinski definition) is 0. The molecule has 0 aliphatic heterocycles. The van der Waals surface area contributed by atoms with Crippen LogP contribution in [0.25, 0.3) is 10.2 Å². The van der Waals surface area contributed by atoms with Crippen LogP contribution < -0.4 is 4.90 Å². The molecule has 0 fully saturated rings. The van der Waals surface area contributed by atoms with Crippen LogP contribution in [0.5, 0.6) is 0 Å². The standard InChI is InChI=1S/C22H26N4O3S/c1-15-6-11-19-21(16(15)2)23-22(30-19)25(13-5-12-24(3)4)20(27)14-17-7-9-18(10-8-17)26(28)29/h6-11H,5,12-14H2,1-4H3. The van der Waals surface area contributed by atoms with Gasteiger partial charge in [-0.1, -0.05) is 29.5 Å². The number of hydrogen-bond acceptors (Lipinski definition) is 6. The Bertz CT molecular complexity index is 1060. The maximum atomic E-state index is 13.2. The Morgan fingerprint density at radius 2 is 1.80 bits per heavy atom. The van der Waals surface area contributed by atoms with E-state index >= 15 is 0 Å². The quantitative estimate of drug-likeness (QED) is 0.395. The SMILES string of the molecule is Cc1ccc2sc(N(CCCN(C)C)C(=O)Cc3ccc([N+](=O)[O-])cc3)nc2c1C. The molecular formula is C22H26N4O3S. The van der Waals surface area contributed by atoms with E-state index in [1.165, 1.54) is 29.0 Å². The number of aromatic nitrogens is 1. The summed E-state index contributed by atoms with van der Waals surface area (Å²) in [6.45, 7) is 5.55. The number of thiazole rings is 1. The van der Waals surface area contributed by atoms with E-state index in [1.807, 2.05) is 14.1 Å². The lowest BCUT2D eigenvalue weighted by atomic mass is 10.1. The van der Waals surface area contributed by atoms with Gasteiger partial charge in [-0.25, -0.2) is 4.98 Å². The molecule has 0 saturated heterocycles. The van der Waals surface area contributed by atoms with E-state index in [2.05, 4.69) is 30.9 Å². The van der Waals surface area contributed by atoms with Crippen LogP contribution in [-0.4, -0.2) is 47.9 Å². The number of fused-ring (bicyclic) bond motifs is 1. The molecule has 3 aromatic rings. The van der Waals surface area contributed by atoms with E-state index in [9.17, 15) is 14.9 Å². The number of carbonyl (C=O) groups is 1. The number of nitro benzene ring substituents is 1. The minimum atomic E-state index is -0.440. The average molecular weight is 427 g/mol. The first-order valence-corrected chi connectivity index (χ1v) is 10.6. The van der Waals surface area contributed by atoms with Crippen molar-refractivity contribution in [3.05, 3.63) is 63.2 Å². The molecule has 0 aliphatic rings. The molecule has 0 atom stereocenters. The lowest BCUT2D eigenvalue weighted by molar-refractivity contribution is -0.384. The molecule has 0 aliphatic carbocycles. The van der Waals surface area contributed by atoms with Gasteiger partial charge in [0, 0.05) is 18.7 Å². The van der Waals surface area contributed by atoms with Crippen LogP contribution >= 0.6 is 11.3 Å². The number of non-ortho nitro benzene ring substituents is 1. The number of benzene rings is 2. The molecule has 1 amide bonds. The number of carbonyl (C=O) groups excluding carboxylic acids is 1. The highest BCUT2D eigenvalue weighted by atomic mass is 32.1. The number of aryl methyl sites for hydroxylation is 2. The molecule has 8 heteroatoms. The van der Waals surface area contributed by atoms with Crippen LogP contribution in [0.1, 0.15) is 23.1 Å². The van der Waals surface area contributed by atoms with E-state index in [-0.39, 0.29) is 18.0 Å². The Morgan fingerprint density at radius 3 is 2.43 bits per heavy atom. The van der Waals surface area contributed by atoms with Crippen molar-refractivity contribution in [3.63, 3.8) is 0 Å². The molecule has 2 aromatic carbocycles. The summed E-state index contributed by atoms with van der Waals surface area (Å²) in [5.74, 6) is -0.0592. The fourth-order valence-corrected chi connectivity index (χ4v) is 4.28. The smallest absolute Gasteiger partial charge is 0.269 e. The van der Waals surface area contributed by atoms with E-state index in [0.717, 1.165) is 34.3 Å². The fourth-order valence-electron chi connectivity index (χ4n) is 3.21. The summed E-state index contributed by atoms with van der Waals surface area (Å²) in [4.78, 5) is 32.2. The Balaban J connectivity index is 1.86. The van der Waals surface area contributed by atoms with Gasteiger partial charge in [0.2, 0.25) is 5.91 Å². The van der Waals surface area contributed by atoms with Crippen molar-refractivity contribution in [2.24, 2.45) is 0 Å². The van der Waals surface area contributed by atoms with Crippen molar-refractivity contribution in [1.82, 2.24) is 9.88 Å². The number of amides is 1.